The lowest BCUT2D eigenvalue weighted by atomic mass is 10.2. The molecule has 0 fully saturated rings. The van der Waals surface area contributed by atoms with Crippen LogP contribution in [0.3, 0.4) is 0 Å². The Morgan fingerprint density at radius 1 is 1.43 bits per heavy atom. The number of nitrogens with one attached hydrogen (secondary N) is 1. The summed E-state index contributed by atoms with van der Waals surface area (Å²) in [4.78, 5) is 12.7. The molecule has 0 bridgehead atoms. The molecule has 21 heavy (non-hydrogen) atoms. The number of anilines is 1. The Morgan fingerprint density at radius 2 is 2.24 bits per heavy atom. The lowest BCUT2D eigenvalue weighted by Gasteiger charge is -2.10. The number of ether oxygens (including phenoxy) is 1. The highest BCUT2D eigenvalue weighted by Gasteiger charge is 2.15. The maximum absolute atomic E-state index is 11.6. The third-order valence-electron chi connectivity index (χ3n) is 2.83. The highest BCUT2D eigenvalue weighted by Crippen LogP contribution is 2.27. The molecule has 1 aromatic carbocycles. The predicted molar refractivity (Wildman–Crippen MR) is 84.7 cm³/mol. The molecule has 0 aliphatic rings. The van der Waals surface area contributed by atoms with Gasteiger partial charge in [0.15, 0.2) is 0 Å². The second-order valence-electron chi connectivity index (χ2n) is 4.22. The molecule has 1 aromatic heterocycles. The average Bonchev–Trinajstić information content (AvgIpc) is 2.99. The molecule has 0 amide bonds. The number of rotatable bonds is 7. The number of para-hydroxylation sites is 1. The molecule has 4 nitrogen and oxygen atoms in total. The number of benzene rings is 1. The first kappa shape index (κ1) is 15.3. The lowest BCUT2D eigenvalue weighted by molar-refractivity contribution is 0.0563. The number of methoxy groups -OCH3 is 1. The molecule has 0 unspecified atom stereocenters. The van der Waals surface area contributed by atoms with Crippen molar-refractivity contribution in [1.82, 2.24) is 0 Å². The molecule has 0 atom stereocenters. The van der Waals surface area contributed by atoms with Crippen molar-refractivity contribution in [3.63, 3.8) is 0 Å². The molecule has 1 N–H and O–H groups in total. The molecule has 0 aliphatic carbocycles. The van der Waals surface area contributed by atoms with Gasteiger partial charge in [0.2, 0.25) is 5.76 Å². The molecular formula is C16H17NO3S. The van der Waals surface area contributed by atoms with Gasteiger partial charge in [0, 0.05) is 28.4 Å². The van der Waals surface area contributed by atoms with Crippen molar-refractivity contribution in [3.05, 3.63) is 60.6 Å². The fraction of sp³-hybridized carbons (Fsp3) is 0.188. The normalized spacial score (nSPS) is 10.1. The Morgan fingerprint density at radius 3 is 3.00 bits per heavy atom. The van der Waals surface area contributed by atoms with Crippen molar-refractivity contribution in [3.8, 4) is 0 Å². The summed E-state index contributed by atoms with van der Waals surface area (Å²) in [5.41, 5.74) is 1.78. The maximum atomic E-state index is 11.6. The van der Waals surface area contributed by atoms with Gasteiger partial charge in [-0.15, -0.1) is 18.3 Å². The summed E-state index contributed by atoms with van der Waals surface area (Å²) >= 11 is 1.70. The molecule has 0 radical (unpaired) electrons. The second kappa shape index (κ2) is 7.59. The molecular weight excluding hydrogens is 286 g/mol. The monoisotopic (exact) mass is 303 g/mol. The Labute approximate surface area is 128 Å². The van der Waals surface area contributed by atoms with Crippen LogP contribution in [0.1, 0.15) is 16.1 Å². The molecule has 5 heteroatoms. The van der Waals surface area contributed by atoms with E-state index in [1.54, 1.807) is 17.8 Å². The van der Waals surface area contributed by atoms with Gasteiger partial charge in [-0.05, 0) is 18.2 Å². The van der Waals surface area contributed by atoms with Gasteiger partial charge in [0.05, 0.1) is 13.4 Å². The van der Waals surface area contributed by atoms with Crippen LogP contribution in [-0.4, -0.2) is 18.8 Å². The van der Waals surface area contributed by atoms with E-state index in [1.165, 1.54) is 13.4 Å². The summed E-state index contributed by atoms with van der Waals surface area (Å²) in [6.07, 6.45) is 3.36. The number of furan rings is 1. The topological polar surface area (TPSA) is 51.5 Å². The van der Waals surface area contributed by atoms with Gasteiger partial charge in [0.1, 0.15) is 0 Å². The SMILES string of the molecule is C=CCSc1ccccc1NCc1ccoc1C(=O)OC. The molecule has 0 saturated heterocycles. The van der Waals surface area contributed by atoms with E-state index in [0.717, 1.165) is 21.9 Å². The van der Waals surface area contributed by atoms with E-state index in [4.69, 9.17) is 4.42 Å². The van der Waals surface area contributed by atoms with E-state index in [-0.39, 0.29) is 5.76 Å². The molecule has 0 spiro atoms. The first-order chi connectivity index (χ1) is 10.3. The van der Waals surface area contributed by atoms with Crippen LogP contribution in [0.15, 0.2) is 58.6 Å². The maximum Gasteiger partial charge on any atom is 0.374 e. The largest absolute Gasteiger partial charge is 0.463 e. The summed E-state index contributed by atoms with van der Waals surface area (Å²) in [6, 6.07) is 9.78. The third kappa shape index (κ3) is 3.92. The number of hydrogen-bond donors (Lipinski definition) is 1. The van der Waals surface area contributed by atoms with E-state index in [9.17, 15) is 4.79 Å². The van der Waals surface area contributed by atoms with Crippen molar-refractivity contribution >= 4 is 23.4 Å². The molecule has 2 aromatic rings. The zero-order valence-corrected chi connectivity index (χ0v) is 12.6. The zero-order valence-electron chi connectivity index (χ0n) is 11.8. The van der Waals surface area contributed by atoms with Crippen molar-refractivity contribution in [1.29, 1.82) is 0 Å². The lowest BCUT2D eigenvalue weighted by Crippen LogP contribution is -2.07. The van der Waals surface area contributed by atoms with Crippen LogP contribution >= 0.6 is 11.8 Å². The number of hydrogen-bond acceptors (Lipinski definition) is 5. The van der Waals surface area contributed by atoms with Gasteiger partial charge in [-0.25, -0.2) is 4.79 Å². The van der Waals surface area contributed by atoms with Crippen molar-refractivity contribution in [2.45, 2.75) is 11.4 Å². The number of carbonyl (C=O) groups is 1. The molecule has 0 saturated carbocycles. The highest BCUT2D eigenvalue weighted by molar-refractivity contribution is 7.99. The van der Waals surface area contributed by atoms with E-state index >= 15 is 0 Å². The van der Waals surface area contributed by atoms with Crippen LogP contribution < -0.4 is 5.32 Å². The summed E-state index contributed by atoms with van der Waals surface area (Å²) in [5.74, 6) is 0.616. The molecule has 0 aliphatic heterocycles. The van der Waals surface area contributed by atoms with Crippen molar-refractivity contribution < 1.29 is 13.9 Å². The fourth-order valence-corrected chi connectivity index (χ4v) is 2.59. The highest BCUT2D eigenvalue weighted by atomic mass is 32.2. The van der Waals surface area contributed by atoms with E-state index in [2.05, 4.69) is 16.6 Å². The van der Waals surface area contributed by atoms with E-state index in [1.807, 2.05) is 30.3 Å². The molecule has 1 heterocycles. The van der Waals surface area contributed by atoms with Crippen LogP contribution in [0.2, 0.25) is 0 Å². The number of thioether (sulfide) groups is 1. The van der Waals surface area contributed by atoms with Gasteiger partial charge < -0.3 is 14.5 Å². The van der Waals surface area contributed by atoms with Gasteiger partial charge in [0.25, 0.3) is 0 Å². The molecule has 2 rings (SSSR count). The minimum absolute atomic E-state index is 0.237. The standard InChI is InChI=1S/C16H17NO3S/c1-3-10-21-14-7-5-4-6-13(14)17-11-12-8-9-20-15(12)16(18)19-2/h3-9,17H,1,10-11H2,2H3. The summed E-state index contributed by atoms with van der Waals surface area (Å²) in [5, 5.41) is 3.32. The Bertz CT molecular complexity index is 621. The summed E-state index contributed by atoms with van der Waals surface area (Å²) in [6.45, 7) is 4.22. The first-order valence-corrected chi connectivity index (χ1v) is 7.46. The van der Waals surface area contributed by atoms with Crippen LogP contribution in [0.25, 0.3) is 0 Å². The van der Waals surface area contributed by atoms with Crippen molar-refractivity contribution in [2.75, 3.05) is 18.2 Å². The zero-order chi connectivity index (χ0) is 15.1. The Balaban J connectivity index is 2.08. The quantitative estimate of drug-likeness (QED) is 0.477. The summed E-state index contributed by atoms with van der Waals surface area (Å²) in [7, 11) is 1.34. The first-order valence-electron chi connectivity index (χ1n) is 6.47. The Kier molecular flexibility index (Phi) is 5.51. The van der Waals surface area contributed by atoms with Gasteiger partial charge in [-0.2, -0.15) is 0 Å². The summed E-state index contributed by atoms with van der Waals surface area (Å²) < 4.78 is 9.86. The van der Waals surface area contributed by atoms with Crippen LogP contribution in [0.4, 0.5) is 5.69 Å². The van der Waals surface area contributed by atoms with Crippen LogP contribution in [0, 0.1) is 0 Å². The van der Waals surface area contributed by atoms with Gasteiger partial charge in [-0.1, -0.05) is 18.2 Å². The minimum atomic E-state index is -0.467. The minimum Gasteiger partial charge on any atom is -0.463 e. The average molecular weight is 303 g/mol. The number of carbonyl (C=O) groups excluding carboxylic acids is 1. The van der Waals surface area contributed by atoms with Crippen molar-refractivity contribution in [2.24, 2.45) is 0 Å². The fourth-order valence-electron chi connectivity index (χ4n) is 1.82. The van der Waals surface area contributed by atoms with Crippen LogP contribution in [-0.2, 0) is 11.3 Å². The van der Waals surface area contributed by atoms with Gasteiger partial charge >= 0.3 is 5.97 Å². The Hall–Kier alpha value is -2.14. The number of esters is 1. The molecule has 110 valence electrons. The second-order valence-corrected chi connectivity index (χ2v) is 5.28. The van der Waals surface area contributed by atoms with Crippen LogP contribution in [0.5, 0.6) is 0 Å². The van der Waals surface area contributed by atoms with Gasteiger partial charge in [-0.3, -0.25) is 0 Å². The smallest absolute Gasteiger partial charge is 0.374 e. The van der Waals surface area contributed by atoms with E-state index in [0.29, 0.717) is 6.54 Å². The third-order valence-corrected chi connectivity index (χ3v) is 3.90. The predicted octanol–water partition coefficient (Wildman–Crippen LogP) is 3.96. The van der Waals surface area contributed by atoms with E-state index < -0.39 is 5.97 Å².